The number of hydrogen-bond acceptors (Lipinski definition) is 4. The van der Waals surface area contributed by atoms with Crippen molar-refractivity contribution < 1.29 is 19.0 Å². The molecule has 0 radical (unpaired) electrons. The van der Waals surface area contributed by atoms with Crippen LogP contribution in [0.15, 0.2) is 30.3 Å². The van der Waals surface area contributed by atoms with Crippen molar-refractivity contribution in [1.82, 2.24) is 0 Å². The van der Waals surface area contributed by atoms with Crippen molar-refractivity contribution >= 4 is 40.5 Å². The van der Waals surface area contributed by atoms with Crippen LogP contribution >= 0.6 is 23.2 Å². The number of halogens is 3. The SMILES string of the molecule is O=C1CCc2c(OCC3(O)CCN(c4ccc(Cl)cc4Cl)CC3)ccc(F)c2N1. The van der Waals surface area contributed by atoms with Crippen molar-refractivity contribution in [2.24, 2.45) is 0 Å². The summed E-state index contributed by atoms with van der Waals surface area (Å²) in [6, 6.07) is 8.21. The molecule has 2 aliphatic rings. The van der Waals surface area contributed by atoms with E-state index in [1.807, 2.05) is 6.07 Å². The molecule has 2 N–H and O–H groups in total. The lowest BCUT2D eigenvalue weighted by atomic mass is 9.92. The molecular formula is C21H21Cl2FN2O3. The normalized spacial score (nSPS) is 18.2. The molecule has 1 amide bonds. The number of fused-ring (bicyclic) bond motifs is 1. The van der Waals surface area contributed by atoms with Crippen LogP contribution in [0.4, 0.5) is 15.8 Å². The average molecular weight is 439 g/mol. The van der Waals surface area contributed by atoms with Gasteiger partial charge in [0.05, 0.1) is 16.4 Å². The Morgan fingerprint density at radius 2 is 1.93 bits per heavy atom. The third-order valence-electron chi connectivity index (χ3n) is 5.53. The minimum atomic E-state index is -0.991. The number of nitrogens with zero attached hydrogens (tertiary/aromatic N) is 1. The first-order valence-electron chi connectivity index (χ1n) is 9.51. The van der Waals surface area contributed by atoms with Crippen LogP contribution in [0, 0.1) is 5.82 Å². The van der Waals surface area contributed by atoms with Gasteiger partial charge in [-0.1, -0.05) is 23.2 Å². The first-order valence-corrected chi connectivity index (χ1v) is 10.3. The molecule has 2 heterocycles. The van der Waals surface area contributed by atoms with Gasteiger partial charge in [-0.3, -0.25) is 4.79 Å². The van der Waals surface area contributed by atoms with Crippen molar-refractivity contribution in [2.75, 3.05) is 29.9 Å². The fraction of sp³-hybridized carbons (Fsp3) is 0.381. The predicted octanol–water partition coefficient (Wildman–Crippen LogP) is 4.43. The third-order valence-corrected chi connectivity index (χ3v) is 6.06. The molecule has 1 saturated heterocycles. The molecule has 0 saturated carbocycles. The van der Waals surface area contributed by atoms with Crippen LogP contribution in [0.2, 0.25) is 10.0 Å². The Morgan fingerprint density at radius 1 is 1.17 bits per heavy atom. The molecule has 0 bridgehead atoms. The summed E-state index contributed by atoms with van der Waals surface area (Å²) in [6.07, 6.45) is 1.71. The number of nitrogens with one attached hydrogen (secondary N) is 1. The number of hydrogen-bond donors (Lipinski definition) is 2. The summed E-state index contributed by atoms with van der Waals surface area (Å²) in [6.45, 7) is 1.35. The van der Waals surface area contributed by atoms with E-state index < -0.39 is 11.4 Å². The van der Waals surface area contributed by atoms with Gasteiger partial charge in [0, 0.05) is 30.1 Å². The van der Waals surface area contributed by atoms with Gasteiger partial charge in [-0.15, -0.1) is 0 Å². The first-order chi connectivity index (χ1) is 13.8. The highest BCUT2D eigenvalue weighted by atomic mass is 35.5. The predicted molar refractivity (Wildman–Crippen MR) is 112 cm³/mol. The monoisotopic (exact) mass is 438 g/mol. The van der Waals surface area contributed by atoms with Gasteiger partial charge in [0.15, 0.2) is 0 Å². The summed E-state index contributed by atoms with van der Waals surface area (Å²) in [4.78, 5) is 13.7. The molecule has 0 unspecified atom stereocenters. The summed E-state index contributed by atoms with van der Waals surface area (Å²) in [7, 11) is 0. The Balaban J connectivity index is 1.41. The van der Waals surface area contributed by atoms with E-state index >= 15 is 0 Å². The first kappa shape index (κ1) is 20.3. The summed E-state index contributed by atoms with van der Waals surface area (Å²) in [5.74, 6) is -0.189. The second kappa shape index (κ2) is 8.01. The van der Waals surface area contributed by atoms with Crippen molar-refractivity contribution in [3.8, 4) is 5.75 Å². The number of anilines is 2. The molecular weight excluding hydrogens is 418 g/mol. The van der Waals surface area contributed by atoms with Gasteiger partial charge in [-0.2, -0.15) is 0 Å². The molecule has 2 aromatic carbocycles. The van der Waals surface area contributed by atoms with Gasteiger partial charge in [0.2, 0.25) is 5.91 Å². The highest BCUT2D eigenvalue weighted by Gasteiger charge is 2.34. The molecule has 154 valence electrons. The Labute approximate surface area is 178 Å². The molecule has 29 heavy (non-hydrogen) atoms. The Hall–Kier alpha value is -2.02. The van der Waals surface area contributed by atoms with Crippen LogP contribution in [-0.2, 0) is 11.2 Å². The zero-order valence-corrected chi connectivity index (χ0v) is 17.2. The lowest BCUT2D eigenvalue weighted by molar-refractivity contribution is -0.116. The molecule has 4 rings (SSSR count). The Kier molecular flexibility index (Phi) is 5.60. The summed E-state index contributed by atoms with van der Waals surface area (Å²) in [5, 5.41) is 14.7. The van der Waals surface area contributed by atoms with Gasteiger partial charge in [0.1, 0.15) is 23.8 Å². The largest absolute Gasteiger partial charge is 0.490 e. The highest BCUT2D eigenvalue weighted by Crippen LogP contribution is 2.36. The van der Waals surface area contributed by atoms with E-state index in [2.05, 4.69) is 10.2 Å². The summed E-state index contributed by atoms with van der Waals surface area (Å²) < 4.78 is 19.9. The molecule has 2 aliphatic heterocycles. The minimum absolute atomic E-state index is 0.0984. The minimum Gasteiger partial charge on any atom is -0.490 e. The number of piperidine rings is 1. The van der Waals surface area contributed by atoms with Crippen LogP contribution in [0.5, 0.6) is 5.75 Å². The highest BCUT2D eigenvalue weighted by molar-refractivity contribution is 6.36. The second-order valence-corrected chi connectivity index (χ2v) is 8.39. The van der Waals surface area contributed by atoms with Gasteiger partial charge < -0.3 is 20.1 Å². The number of ether oxygens (including phenoxy) is 1. The third kappa shape index (κ3) is 4.29. The van der Waals surface area contributed by atoms with Crippen molar-refractivity contribution in [3.05, 3.63) is 51.8 Å². The van der Waals surface area contributed by atoms with Gasteiger partial charge in [-0.25, -0.2) is 4.39 Å². The van der Waals surface area contributed by atoms with E-state index in [0.29, 0.717) is 53.7 Å². The average Bonchev–Trinajstić information content (AvgIpc) is 2.69. The lowest BCUT2D eigenvalue weighted by Gasteiger charge is -2.39. The zero-order chi connectivity index (χ0) is 20.6. The molecule has 2 aromatic rings. The number of aliphatic hydroxyl groups is 1. The van der Waals surface area contributed by atoms with Gasteiger partial charge >= 0.3 is 0 Å². The molecule has 0 aliphatic carbocycles. The maximum Gasteiger partial charge on any atom is 0.224 e. The maximum atomic E-state index is 14.0. The van der Waals surface area contributed by atoms with E-state index in [9.17, 15) is 14.3 Å². The lowest BCUT2D eigenvalue weighted by Crippen LogP contribution is -2.48. The molecule has 0 atom stereocenters. The van der Waals surface area contributed by atoms with Crippen molar-refractivity contribution in [3.63, 3.8) is 0 Å². The number of benzene rings is 2. The molecule has 0 spiro atoms. The van der Waals surface area contributed by atoms with Gasteiger partial charge in [0.25, 0.3) is 0 Å². The van der Waals surface area contributed by atoms with Crippen LogP contribution in [0.1, 0.15) is 24.8 Å². The standard InChI is InChI=1S/C21H21Cl2FN2O3/c22-13-1-4-17(15(23)11-13)26-9-7-21(28,8-10-26)12-29-18-5-3-16(24)20-14(18)2-6-19(27)25-20/h1,3-5,11,28H,2,6-10,12H2,(H,25,27). The van der Waals surface area contributed by atoms with E-state index in [0.717, 1.165) is 5.69 Å². The van der Waals surface area contributed by atoms with E-state index in [-0.39, 0.29) is 24.6 Å². The number of carbonyl (C=O) groups is 1. The fourth-order valence-electron chi connectivity index (χ4n) is 3.82. The Bertz CT molecular complexity index is 946. The second-order valence-electron chi connectivity index (χ2n) is 7.54. The number of amides is 1. The van der Waals surface area contributed by atoms with Crippen molar-refractivity contribution in [1.29, 1.82) is 0 Å². The van der Waals surface area contributed by atoms with Gasteiger partial charge in [-0.05, 0) is 49.6 Å². The van der Waals surface area contributed by atoms with E-state index in [4.69, 9.17) is 27.9 Å². The quantitative estimate of drug-likeness (QED) is 0.740. The van der Waals surface area contributed by atoms with E-state index in [1.165, 1.54) is 6.07 Å². The topological polar surface area (TPSA) is 61.8 Å². The zero-order valence-electron chi connectivity index (χ0n) is 15.7. The summed E-state index contributed by atoms with van der Waals surface area (Å²) >= 11 is 12.3. The number of carbonyl (C=O) groups excluding carboxylic acids is 1. The molecule has 1 fully saturated rings. The molecule has 0 aromatic heterocycles. The maximum absolute atomic E-state index is 14.0. The van der Waals surface area contributed by atoms with Crippen LogP contribution in [0.25, 0.3) is 0 Å². The van der Waals surface area contributed by atoms with E-state index in [1.54, 1.807) is 18.2 Å². The van der Waals surface area contributed by atoms with Crippen LogP contribution < -0.4 is 15.0 Å². The number of rotatable bonds is 4. The molecule has 5 nitrogen and oxygen atoms in total. The smallest absolute Gasteiger partial charge is 0.224 e. The Morgan fingerprint density at radius 3 is 2.66 bits per heavy atom. The van der Waals surface area contributed by atoms with Crippen LogP contribution in [0.3, 0.4) is 0 Å². The van der Waals surface area contributed by atoms with Crippen molar-refractivity contribution in [2.45, 2.75) is 31.3 Å². The molecule has 8 heteroatoms. The fourth-order valence-corrected chi connectivity index (χ4v) is 4.35. The summed E-state index contributed by atoms with van der Waals surface area (Å²) in [5.41, 5.74) is 0.716. The van der Waals surface area contributed by atoms with Crippen LogP contribution in [-0.4, -0.2) is 36.3 Å².